The van der Waals surface area contributed by atoms with Crippen LogP contribution < -0.4 is 0 Å². The van der Waals surface area contributed by atoms with Crippen LogP contribution in [0, 0.1) is 6.92 Å². The Morgan fingerprint density at radius 2 is 2.26 bits per heavy atom. The Kier molecular flexibility index (Phi) is 3.90. The number of hydrogen-bond acceptors (Lipinski definition) is 5. The number of carbonyl (C=O) groups is 1. The van der Waals surface area contributed by atoms with Crippen molar-refractivity contribution in [3.8, 4) is 0 Å². The monoisotopic (exact) mass is 331 g/mol. The Morgan fingerprint density at radius 3 is 3.09 bits per heavy atom. The van der Waals surface area contributed by atoms with Crippen LogP contribution in [0.15, 0.2) is 17.5 Å². The molecule has 122 valence electrons. The summed E-state index contributed by atoms with van der Waals surface area (Å²) in [5, 5.41) is 10.4. The lowest BCUT2D eigenvalue weighted by molar-refractivity contribution is -0.133. The summed E-state index contributed by atoms with van der Waals surface area (Å²) >= 11 is 1.75. The van der Waals surface area contributed by atoms with Crippen LogP contribution in [0.5, 0.6) is 0 Å². The minimum absolute atomic E-state index is 0.241. The van der Waals surface area contributed by atoms with Crippen LogP contribution in [0.1, 0.15) is 35.4 Å². The molecule has 6 nitrogen and oxygen atoms in total. The lowest BCUT2D eigenvalue weighted by Gasteiger charge is -2.30. The average Bonchev–Trinajstić information content (AvgIpc) is 3.27. The molecule has 1 fully saturated rings. The Hall–Kier alpha value is -1.73. The quantitative estimate of drug-likeness (QED) is 0.861. The Labute approximate surface area is 139 Å². The highest BCUT2D eigenvalue weighted by molar-refractivity contribution is 7.10. The molecule has 23 heavy (non-hydrogen) atoms. The first-order chi connectivity index (χ1) is 11.2. The van der Waals surface area contributed by atoms with Crippen molar-refractivity contribution in [2.75, 3.05) is 19.6 Å². The average molecular weight is 331 g/mol. The molecule has 0 spiro atoms. The van der Waals surface area contributed by atoms with Crippen LogP contribution in [0.3, 0.4) is 0 Å². The zero-order chi connectivity index (χ0) is 15.8. The van der Waals surface area contributed by atoms with E-state index in [1.54, 1.807) is 11.3 Å². The number of nitrogens with zero attached hydrogens (tertiary/aromatic N) is 5. The molecule has 0 saturated carbocycles. The molecule has 2 aromatic rings. The van der Waals surface area contributed by atoms with E-state index in [-0.39, 0.29) is 11.9 Å². The molecule has 0 bridgehead atoms. The second kappa shape index (κ2) is 6.05. The van der Waals surface area contributed by atoms with Gasteiger partial charge in [0.15, 0.2) is 0 Å². The first-order valence-electron chi connectivity index (χ1n) is 8.16. The Bertz CT molecular complexity index is 695. The molecule has 0 aromatic carbocycles. The van der Waals surface area contributed by atoms with E-state index in [1.165, 1.54) is 4.88 Å². The maximum Gasteiger partial charge on any atom is 0.237 e. The molecule has 2 aliphatic rings. The van der Waals surface area contributed by atoms with Crippen molar-refractivity contribution in [3.63, 3.8) is 0 Å². The third-order valence-electron chi connectivity index (χ3n) is 4.82. The highest BCUT2D eigenvalue weighted by Crippen LogP contribution is 2.34. The van der Waals surface area contributed by atoms with E-state index in [0.29, 0.717) is 13.1 Å². The van der Waals surface area contributed by atoms with Gasteiger partial charge in [0, 0.05) is 24.5 Å². The number of carbonyl (C=O) groups excluding carboxylic acids is 1. The molecule has 0 radical (unpaired) electrons. The fourth-order valence-corrected chi connectivity index (χ4v) is 4.49. The van der Waals surface area contributed by atoms with E-state index in [2.05, 4.69) is 42.1 Å². The van der Waals surface area contributed by atoms with Crippen molar-refractivity contribution in [3.05, 3.63) is 34.0 Å². The van der Waals surface area contributed by atoms with Crippen molar-refractivity contribution < 1.29 is 4.79 Å². The van der Waals surface area contributed by atoms with E-state index >= 15 is 0 Å². The first-order valence-corrected chi connectivity index (χ1v) is 9.04. The summed E-state index contributed by atoms with van der Waals surface area (Å²) in [4.78, 5) is 18.3. The van der Waals surface area contributed by atoms with Crippen LogP contribution in [-0.2, 0) is 17.9 Å². The molecule has 4 rings (SSSR count). The van der Waals surface area contributed by atoms with Crippen molar-refractivity contribution in [1.82, 2.24) is 24.6 Å². The summed E-state index contributed by atoms with van der Waals surface area (Å²) in [7, 11) is 0. The van der Waals surface area contributed by atoms with Gasteiger partial charge >= 0.3 is 0 Å². The molecule has 2 aromatic heterocycles. The van der Waals surface area contributed by atoms with Gasteiger partial charge < -0.3 is 9.47 Å². The second-order valence-electron chi connectivity index (χ2n) is 6.29. The normalized spacial score (nSPS) is 21.6. The summed E-state index contributed by atoms with van der Waals surface area (Å²) in [5.41, 5.74) is 0. The summed E-state index contributed by atoms with van der Waals surface area (Å²) in [5.74, 6) is 2.17. The first kappa shape index (κ1) is 14.8. The van der Waals surface area contributed by atoms with Gasteiger partial charge in [-0.1, -0.05) is 6.07 Å². The molecule has 1 atom stereocenters. The van der Waals surface area contributed by atoms with Crippen molar-refractivity contribution in [2.24, 2.45) is 0 Å². The maximum absolute atomic E-state index is 12.8. The number of hydrogen-bond donors (Lipinski definition) is 0. The predicted octanol–water partition coefficient (Wildman–Crippen LogP) is 1.83. The van der Waals surface area contributed by atoms with Crippen LogP contribution in [0.4, 0.5) is 0 Å². The summed E-state index contributed by atoms with van der Waals surface area (Å²) in [6.45, 7) is 5.81. The van der Waals surface area contributed by atoms with Crippen molar-refractivity contribution >= 4 is 17.2 Å². The minimum Gasteiger partial charge on any atom is -0.334 e. The van der Waals surface area contributed by atoms with Crippen LogP contribution in [0.25, 0.3) is 0 Å². The SMILES string of the molecule is Cc1nnc2n1CCN(CC(=O)N1CCC[C@@H]1c1cccs1)C2. The number of amides is 1. The zero-order valence-corrected chi connectivity index (χ0v) is 14.1. The van der Waals surface area contributed by atoms with Gasteiger partial charge in [0.05, 0.1) is 19.1 Å². The number of rotatable bonds is 3. The third kappa shape index (κ3) is 2.79. The smallest absolute Gasteiger partial charge is 0.237 e. The maximum atomic E-state index is 12.8. The molecule has 4 heterocycles. The van der Waals surface area contributed by atoms with Crippen molar-refractivity contribution in [1.29, 1.82) is 0 Å². The molecular formula is C16H21N5OS. The lowest BCUT2D eigenvalue weighted by atomic mass is 10.2. The fourth-order valence-electron chi connectivity index (χ4n) is 3.61. The number of aryl methyl sites for hydroxylation is 1. The standard InChI is InChI=1S/C16H21N5OS/c1-12-17-18-15-10-19(7-8-20(12)15)11-16(22)21-6-2-4-13(21)14-5-3-9-23-14/h3,5,9,13H,2,4,6-8,10-11H2,1H3/t13-/m1/s1. The van der Waals surface area contributed by atoms with Gasteiger partial charge in [-0.25, -0.2) is 0 Å². The van der Waals surface area contributed by atoms with E-state index in [0.717, 1.165) is 44.1 Å². The van der Waals surface area contributed by atoms with Gasteiger partial charge in [0.25, 0.3) is 0 Å². The molecule has 1 saturated heterocycles. The Balaban J connectivity index is 1.42. The number of aromatic nitrogens is 3. The van der Waals surface area contributed by atoms with Crippen LogP contribution in [0.2, 0.25) is 0 Å². The Morgan fingerprint density at radius 1 is 1.35 bits per heavy atom. The van der Waals surface area contributed by atoms with E-state index in [4.69, 9.17) is 0 Å². The van der Waals surface area contributed by atoms with E-state index in [1.807, 2.05) is 6.92 Å². The minimum atomic E-state index is 0.241. The molecule has 7 heteroatoms. The highest BCUT2D eigenvalue weighted by Gasteiger charge is 2.32. The number of likely N-dealkylation sites (tertiary alicyclic amines) is 1. The predicted molar refractivity (Wildman–Crippen MR) is 88.0 cm³/mol. The summed E-state index contributed by atoms with van der Waals surface area (Å²) in [6.07, 6.45) is 2.18. The number of thiophene rings is 1. The van der Waals surface area contributed by atoms with E-state index in [9.17, 15) is 4.79 Å². The lowest BCUT2D eigenvalue weighted by Crippen LogP contribution is -2.43. The third-order valence-corrected chi connectivity index (χ3v) is 5.79. The molecule has 2 aliphatic heterocycles. The molecule has 1 amide bonds. The van der Waals surface area contributed by atoms with E-state index < -0.39 is 0 Å². The van der Waals surface area contributed by atoms with Gasteiger partial charge in [-0.05, 0) is 31.2 Å². The fraction of sp³-hybridized carbons (Fsp3) is 0.562. The summed E-state index contributed by atoms with van der Waals surface area (Å²) < 4.78 is 2.14. The van der Waals surface area contributed by atoms with Crippen LogP contribution in [-0.4, -0.2) is 50.1 Å². The van der Waals surface area contributed by atoms with Gasteiger partial charge in [0.2, 0.25) is 5.91 Å². The second-order valence-corrected chi connectivity index (χ2v) is 7.27. The highest BCUT2D eigenvalue weighted by atomic mass is 32.1. The van der Waals surface area contributed by atoms with Gasteiger partial charge in [-0.3, -0.25) is 9.69 Å². The largest absolute Gasteiger partial charge is 0.334 e. The molecule has 0 unspecified atom stereocenters. The number of fused-ring (bicyclic) bond motifs is 1. The summed E-state index contributed by atoms with van der Waals surface area (Å²) in [6, 6.07) is 4.49. The molecule has 0 aliphatic carbocycles. The molecular weight excluding hydrogens is 310 g/mol. The van der Waals surface area contributed by atoms with Crippen molar-refractivity contribution in [2.45, 2.75) is 38.9 Å². The van der Waals surface area contributed by atoms with Gasteiger partial charge in [-0.15, -0.1) is 21.5 Å². The topological polar surface area (TPSA) is 54.3 Å². The van der Waals surface area contributed by atoms with Gasteiger partial charge in [-0.2, -0.15) is 0 Å². The van der Waals surface area contributed by atoms with Crippen LogP contribution >= 0.6 is 11.3 Å². The van der Waals surface area contributed by atoms with Gasteiger partial charge in [0.1, 0.15) is 11.6 Å². The zero-order valence-electron chi connectivity index (χ0n) is 13.3. The molecule has 0 N–H and O–H groups in total.